The fourth-order valence-corrected chi connectivity index (χ4v) is 1.64. The lowest BCUT2D eigenvalue weighted by Gasteiger charge is -2.16. The van der Waals surface area contributed by atoms with Crippen LogP contribution in [0.15, 0.2) is 18.2 Å². The number of anilines is 1. The third-order valence-corrected chi connectivity index (χ3v) is 3.16. The summed E-state index contributed by atoms with van der Waals surface area (Å²) in [5, 5.41) is 3.27. The van der Waals surface area contributed by atoms with Crippen LogP contribution in [0.5, 0.6) is 5.75 Å². The second kappa shape index (κ2) is 9.06. The number of carbonyl (C=O) groups excluding carboxylic acids is 1. The van der Waals surface area contributed by atoms with E-state index in [4.69, 9.17) is 22.1 Å². The highest BCUT2D eigenvalue weighted by Crippen LogP contribution is 2.28. The Hall–Kier alpha value is -0.970. The Balaban J connectivity index is 0.00000361. The molecular weight excluding hydrogens is 299 g/mol. The van der Waals surface area contributed by atoms with E-state index in [9.17, 15) is 4.79 Å². The summed E-state index contributed by atoms with van der Waals surface area (Å²) in [5.74, 6) is 0.254. The molecule has 20 heavy (non-hydrogen) atoms. The molecule has 1 aromatic carbocycles. The van der Waals surface area contributed by atoms with Crippen molar-refractivity contribution in [2.75, 3.05) is 11.9 Å². The molecule has 0 heterocycles. The molecule has 1 rings (SSSR count). The van der Waals surface area contributed by atoms with Gasteiger partial charge in [0.2, 0.25) is 5.91 Å². The quantitative estimate of drug-likeness (QED) is 0.843. The Labute approximate surface area is 131 Å². The second-order valence-electron chi connectivity index (χ2n) is 4.63. The van der Waals surface area contributed by atoms with Crippen molar-refractivity contribution in [2.24, 2.45) is 11.7 Å². The summed E-state index contributed by atoms with van der Waals surface area (Å²) >= 11 is 6.09. The van der Waals surface area contributed by atoms with Crippen LogP contribution in [0.4, 0.5) is 5.69 Å². The minimum atomic E-state index is -0.255. The first-order valence-electron chi connectivity index (χ1n) is 6.44. The van der Waals surface area contributed by atoms with Gasteiger partial charge in [0.1, 0.15) is 5.75 Å². The highest BCUT2D eigenvalue weighted by atomic mass is 35.5. The van der Waals surface area contributed by atoms with Crippen LogP contribution >= 0.6 is 24.0 Å². The Bertz CT molecular complexity index is 439. The predicted octanol–water partition coefficient (Wildman–Crippen LogP) is 3.47. The number of halogens is 2. The number of hydrogen-bond acceptors (Lipinski definition) is 3. The van der Waals surface area contributed by atoms with Gasteiger partial charge in [-0.05, 0) is 31.5 Å². The van der Waals surface area contributed by atoms with Crippen LogP contribution in [-0.2, 0) is 4.79 Å². The van der Waals surface area contributed by atoms with Crippen molar-refractivity contribution in [1.29, 1.82) is 0 Å². The Morgan fingerprint density at radius 1 is 1.45 bits per heavy atom. The topological polar surface area (TPSA) is 64.3 Å². The maximum absolute atomic E-state index is 11.9. The molecule has 114 valence electrons. The molecule has 1 aromatic rings. The summed E-state index contributed by atoms with van der Waals surface area (Å²) in [5.41, 5.74) is 6.34. The summed E-state index contributed by atoms with van der Waals surface area (Å²) < 4.78 is 5.47. The average molecular weight is 321 g/mol. The van der Waals surface area contributed by atoms with Crippen molar-refractivity contribution in [2.45, 2.75) is 33.2 Å². The van der Waals surface area contributed by atoms with Crippen LogP contribution in [0, 0.1) is 5.92 Å². The average Bonchev–Trinajstić information content (AvgIpc) is 2.36. The van der Waals surface area contributed by atoms with Gasteiger partial charge in [-0.1, -0.05) is 25.4 Å². The van der Waals surface area contributed by atoms with E-state index >= 15 is 0 Å². The van der Waals surface area contributed by atoms with Crippen molar-refractivity contribution >= 4 is 35.6 Å². The maximum Gasteiger partial charge on any atom is 0.228 e. The van der Waals surface area contributed by atoms with Crippen molar-refractivity contribution < 1.29 is 9.53 Å². The zero-order chi connectivity index (χ0) is 14.4. The Morgan fingerprint density at radius 2 is 2.10 bits per heavy atom. The number of hydrogen-bond donors (Lipinski definition) is 2. The SMILES string of the molecule is CCCOc1ccc(NC(=O)C(C)C(C)N)cc1Cl.Cl. The van der Waals surface area contributed by atoms with Crippen LogP contribution in [0.25, 0.3) is 0 Å². The molecule has 2 unspecified atom stereocenters. The number of ether oxygens (including phenoxy) is 1. The molecule has 0 aliphatic heterocycles. The van der Waals surface area contributed by atoms with Gasteiger partial charge in [-0.2, -0.15) is 0 Å². The van der Waals surface area contributed by atoms with Crippen LogP contribution < -0.4 is 15.8 Å². The van der Waals surface area contributed by atoms with Gasteiger partial charge >= 0.3 is 0 Å². The van der Waals surface area contributed by atoms with Gasteiger partial charge in [0.25, 0.3) is 0 Å². The number of nitrogens with two attached hydrogens (primary N) is 1. The third-order valence-electron chi connectivity index (χ3n) is 2.86. The normalized spacial score (nSPS) is 13.1. The lowest BCUT2D eigenvalue weighted by Crippen LogP contribution is -2.34. The van der Waals surface area contributed by atoms with Crippen molar-refractivity contribution in [3.8, 4) is 5.75 Å². The molecule has 3 N–H and O–H groups in total. The van der Waals surface area contributed by atoms with Crippen LogP contribution in [-0.4, -0.2) is 18.6 Å². The Morgan fingerprint density at radius 3 is 2.60 bits per heavy atom. The summed E-state index contributed by atoms with van der Waals surface area (Å²) in [7, 11) is 0. The van der Waals surface area contributed by atoms with Gasteiger partial charge in [0.15, 0.2) is 0 Å². The van der Waals surface area contributed by atoms with E-state index in [2.05, 4.69) is 5.32 Å². The van der Waals surface area contributed by atoms with Crippen molar-refractivity contribution in [3.63, 3.8) is 0 Å². The molecular formula is C14H22Cl2N2O2. The van der Waals surface area contributed by atoms with Crippen molar-refractivity contribution in [3.05, 3.63) is 23.2 Å². The minimum Gasteiger partial charge on any atom is -0.492 e. The van der Waals surface area contributed by atoms with E-state index in [1.807, 2.05) is 6.92 Å². The van der Waals surface area contributed by atoms with Gasteiger partial charge in [-0.15, -0.1) is 12.4 Å². The van der Waals surface area contributed by atoms with Crippen LogP contribution in [0.2, 0.25) is 5.02 Å². The minimum absolute atomic E-state index is 0. The molecule has 0 aromatic heterocycles. The number of benzene rings is 1. The van der Waals surface area contributed by atoms with E-state index < -0.39 is 0 Å². The van der Waals surface area contributed by atoms with Crippen LogP contribution in [0.1, 0.15) is 27.2 Å². The first-order valence-corrected chi connectivity index (χ1v) is 6.82. The second-order valence-corrected chi connectivity index (χ2v) is 5.04. The van der Waals surface area contributed by atoms with Gasteiger partial charge in [-0.25, -0.2) is 0 Å². The van der Waals surface area contributed by atoms with E-state index in [1.54, 1.807) is 32.0 Å². The molecule has 4 nitrogen and oxygen atoms in total. The largest absolute Gasteiger partial charge is 0.492 e. The van der Waals surface area contributed by atoms with Gasteiger partial charge in [0, 0.05) is 11.7 Å². The molecule has 0 fully saturated rings. The number of nitrogens with one attached hydrogen (secondary N) is 1. The van der Waals surface area contributed by atoms with E-state index in [1.165, 1.54) is 0 Å². The fourth-order valence-electron chi connectivity index (χ4n) is 1.40. The standard InChI is InChI=1S/C14H21ClN2O2.ClH/c1-4-7-19-13-6-5-11(8-12(13)15)17-14(18)9(2)10(3)16;/h5-6,8-10H,4,7,16H2,1-3H3,(H,17,18);1H. The third kappa shape index (κ3) is 5.57. The molecule has 6 heteroatoms. The number of rotatable bonds is 6. The Kier molecular flexibility index (Phi) is 8.62. The van der Waals surface area contributed by atoms with Gasteiger partial charge in [-0.3, -0.25) is 4.79 Å². The van der Waals surface area contributed by atoms with Crippen molar-refractivity contribution in [1.82, 2.24) is 0 Å². The van der Waals surface area contributed by atoms with E-state index in [0.717, 1.165) is 6.42 Å². The molecule has 0 aliphatic rings. The summed E-state index contributed by atoms with van der Waals surface area (Å²) in [6, 6.07) is 5.01. The lowest BCUT2D eigenvalue weighted by molar-refractivity contribution is -0.119. The van der Waals surface area contributed by atoms with Gasteiger partial charge in [0.05, 0.1) is 17.5 Å². The summed E-state index contributed by atoms with van der Waals surface area (Å²) in [6.45, 7) is 6.24. The zero-order valence-corrected chi connectivity index (χ0v) is 13.6. The monoisotopic (exact) mass is 320 g/mol. The first-order chi connectivity index (χ1) is 8.95. The molecule has 0 aliphatic carbocycles. The highest BCUT2D eigenvalue weighted by molar-refractivity contribution is 6.32. The zero-order valence-electron chi connectivity index (χ0n) is 12.0. The summed E-state index contributed by atoms with van der Waals surface area (Å²) in [4.78, 5) is 11.9. The fraction of sp³-hybridized carbons (Fsp3) is 0.500. The molecule has 1 amide bonds. The number of carbonyl (C=O) groups is 1. The highest BCUT2D eigenvalue weighted by Gasteiger charge is 2.17. The molecule has 0 saturated heterocycles. The van der Waals surface area contributed by atoms with Crippen LogP contribution in [0.3, 0.4) is 0 Å². The molecule has 2 atom stereocenters. The lowest BCUT2D eigenvalue weighted by atomic mass is 10.0. The van der Waals surface area contributed by atoms with Gasteiger partial charge < -0.3 is 15.8 Å². The van der Waals surface area contributed by atoms with E-state index in [0.29, 0.717) is 23.1 Å². The number of amides is 1. The molecule has 0 saturated carbocycles. The predicted molar refractivity (Wildman–Crippen MR) is 85.9 cm³/mol. The molecule has 0 bridgehead atoms. The van der Waals surface area contributed by atoms with E-state index in [-0.39, 0.29) is 30.3 Å². The smallest absolute Gasteiger partial charge is 0.228 e. The summed E-state index contributed by atoms with van der Waals surface area (Å²) in [6.07, 6.45) is 0.917. The maximum atomic E-state index is 11.9. The first kappa shape index (κ1) is 19.0. The molecule has 0 spiro atoms. The molecule has 0 radical (unpaired) electrons.